The highest BCUT2D eigenvalue weighted by Gasteiger charge is 2.08. The van der Waals surface area contributed by atoms with E-state index in [0.717, 1.165) is 5.82 Å². The molecule has 0 aliphatic heterocycles. The van der Waals surface area contributed by atoms with Gasteiger partial charge < -0.3 is 15.2 Å². The highest BCUT2D eigenvalue weighted by molar-refractivity contribution is 5.92. The molecular formula is C12H16N6O. The van der Waals surface area contributed by atoms with Gasteiger partial charge in [-0.15, -0.1) is 0 Å². The van der Waals surface area contributed by atoms with Gasteiger partial charge in [-0.2, -0.15) is 0 Å². The lowest BCUT2D eigenvalue weighted by Gasteiger charge is -2.05. The Hall–Kier alpha value is -2.44. The van der Waals surface area contributed by atoms with Crippen LogP contribution in [0, 0.1) is 0 Å². The van der Waals surface area contributed by atoms with Crippen molar-refractivity contribution in [2.45, 2.75) is 6.42 Å². The van der Waals surface area contributed by atoms with Gasteiger partial charge in [0.15, 0.2) is 0 Å². The van der Waals surface area contributed by atoms with Crippen LogP contribution in [0.1, 0.15) is 16.3 Å². The third kappa shape index (κ3) is 3.27. The van der Waals surface area contributed by atoms with Gasteiger partial charge in [0.2, 0.25) is 0 Å². The average Bonchev–Trinajstić information content (AvgIpc) is 2.84. The maximum absolute atomic E-state index is 11.9. The zero-order chi connectivity index (χ0) is 13.7. The first-order valence-electron chi connectivity index (χ1n) is 5.95. The number of aromatic nitrogens is 4. The summed E-state index contributed by atoms with van der Waals surface area (Å²) in [6.45, 7) is 0.509. The molecule has 2 heterocycles. The van der Waals surface area contributed by atoms with E-state index < -0.39 is 0 Å². The lowest BCUT2D eigenvalue weighted by molar-refractivity contribution is 0.0948. The van der Waals surface area contributed by atoms with Gasteiger partial charge in [-0.1, -0.05) is 0 Å². The second-order valence-corrected chi connectivity index (χ2v) is 4.00. The predicted octanol–water partition coefficient (Wildman–Crippen LogP) is 0.224. The number of hydrogen-bond acceptors (Lipinski definition) is 5. The number of carbonyl (C=O) groups excluding carboxylic acids is 1. The third-order valence-corrected chi connectivity index (χ3v) is 2.68. The first kappa shape index (κ1) is 13.0. The van der Waals surface area contributed by atoms with Crippen molar-refractivity contribution in [2.75, 3.05) is 18.9 Å². The van der Waals surface area contributed by atoms with E-state index in [0.29, 0.717) is 24.5 Å². The topological polar surface area (TPSA) is 84.7 Å². The molecule has 0 aromatic carbocycles. The molecular weight excluding hydrogens is 244 g/mol. The summed E-state index contributed by atoms with van der Waals surface area (Å²) < 4.78 is 1.92. The van der Waals surface area contributed by atoms with Crippen molar-refractivity contribution < 1.29 is 4.79 Å². The molecule has 0 bridgehead atoms. The smallest absolute Gasteiger partial charge is 0.271 e. The molecule has 0 saturated heterocycles. The summed E-state index contributed by atoms with van der Waals surface area (Å²) in [7, 11) is 3.65. The van der Waals surface area contributed by atoms with Crippen LogP contribution in [0.2, 0.25) is 0 Å². The number of nitrogens with one attached hydrogen (secondary N) is 2. The van der Waals surface area contributed by atoms with Crippen LogP contribution >= 0.6 is 0 Å². The van der Waals surface area contributed by atoms with Crippen molar-refractivity contribution in [3.05, 3.63) is 36.3 Å². The highest BCUT2D eigenvalue weighted by atomic mass is 16.1. The van der Waals surface area contributed by atoms with Gasteiger partial charge in [0.25, 0.3) is 5.91 Å². The molecule has 0 aliphatic rings. The van der Waals surface area contributed by atoms with E-state index in [1.165, 1.54) is 6.20 Å². The highest BCUT2D eigenvalue weighted by Crippen LogP contribution is 2.01. The molecule has 0 aliphatic carbocycles. The minimum absolute atomic E-state index is 0.237. The van der Waals surface area contributed by atoms with Gasteiger partial charge >= 0.3 is 0 Å². The maximum Gasteiger partial charge on any atom is 0.271 e. The Labute approximate surface area is 111 Å². The standard InChI is InChI=1S/C12H16N6O/c1-13-10-8-14-7-9(17-10)12(19)16-4-3-11-15-5-6-18(11)2/h5-8H,3-4H2,1-2H3,(H,13,17)(H,16,19). The normalized spacial score (nSPS) is 10.2. The van der Waals surface area contributed by atoms with Crippen LogP contribution in [0.4, 0.5) is 5.82 Å². The number of nitrogens with zero attached hydrogens (tertiary/aromatic N) is 4. The van der Waals surface area contributed by atoms with E-state index in [4.69, 9.17) is 0 Å². The Morgan fingerprint density at radius 2 is 2.26 bits per heavy atom. The number of carbonyl (C=O) groups is 1. The molecule has 0 spiro atoms. The zero-order valence-electron chi connectivity index (χ0n) is 10.9. The van der Waals surface area contributed by atoms with Crippen LogP contribution in [0.5, 0.6) is 0 Å². The van der Waals surface area contributed by atoms with Crippen molar-refractivity contribution in [2.24, 2.45) is 7.05 Å². The summed E-state index contributed by atoms with van der Waals surface area (Å²) in [4.78, 5) is 24.1. The van der Waals surface area contributed by atoms with E-state index in [2.05, 4.69) is 25.6 Å². The first-order valence-corrected chi connectivity index (χ1v) is 5.95. The van der Waals surface area contributed by atoms with Crippen molar-refractivity contribution in [1.82, 2.24) is 24.8 Å². The minimum Gasteiger partial charge on any atom is -0.372 e. The molecule has 0 unspecified atom stereocenters. The maximum atomic E-state index is 11.9. The second kappa shape index (κ2) is 5.94. The summed E-state index contributed by atoms with van der Waals surface area (Å²) in [5.41, 5.74) is 0.298. The van der Waals surface area contributed by atoms with Crippen molar-refractivity contribution in [1.29, 1.82) is 0 Å². The van der Waals surface area contributed by atoms with E-state index in [9.17, 15) is 4.79 Å². The number of amides is 1. The molecule has 2 N–H and O–H groups in total. The molecule has 1 amide bonds. The monoisotopic (exact) mass is 260 g/mol. The quantitative estimate of drug-likeness (QED) is 0.803. The predicted molar refractivity (Wildman–Crippen MR) is 70.8 cm³/mol. The van der Waals surface area contributed by atoms with E-state index in [1.807, 2.05) is 17.8 Å². The van der Waals surface area contributed by atoms with E-state index in [1.54, 1.807) is 19.4 Å². The number of rotatable bonds is 5. The van der Waals surface area contributed by atoms with Crippen molar-refractivity contribution in [3.8, 4) is 0 Å². The molecule has 0 radical (unpaired) electrons. The van der Waals surface area contributed by atoms with Crippen molar-refractivity contribution in [3.63, 3.8) is 0 Å². The average molecular weight is 260 g/mol. The van der Waals surface area contributed by atoms with Crippen LogP contribution in [-0.4, -0.2) is 39.0 Å². The van der Waals surface area contributed by atoms with Crippen molar-refractivity contribution >= 4 is 11.7 Å². The van der Waals surface area contributed by atoms with Gasteiger partial charge in [0.05, 0.1) is 12.4 Å². The number of imidazole rings is 1. The van der Waals surface area contributed by atoms with E-state index >= 15 is 0 Å². The van der Waals surface area contributed by atoms with Gasteiger partial charge in [-0.3, -0.25) is 9.78 Å². The molecule has 0 fully saturated rings. The summed E-state index contributed by atoms with van der Waals surface area (Å²) in [6, 6.07) is 0. The molecule has 0 atom stereocenters. The van der Waals surface area contributed by atoms with Gasteiger partial charge in [0.1, 0.15) is 17.3 Å². The third-order valence-electron chi connectivity index (χ3n) is 2.68. The second-order valence-electron chi connectivity index (χ2n) is 4.00. The van der Waals surface area contributed by atoms with Crippen LogP contribution in [0.15, 0.2) is 24.8 Å². The summed E-state index contributed by atoms with van der Waals surface area (Å²) in [6.07, 6.45) is 7.29. The number of hydrogen-bond donors (Lipinski definition) is 2. The Morgan fingerprint density at radius 3 is 2.95 bits per heavy atom. The fraction of sp³-hybridized carbons (Fsp3) is 0.333. The molecule has 100 valence electrons. The lowest BCUT2D eigenvalue weighted by atomic mass is 10.3. The Kier molecular flexibility index (Phi) is 4.07. The summed E-state index contributed by atoms with van der Waals surface area (Å²) >= 11 is 0. The van der Waals surface area contributed by atoms with E-state index in [-0.39, 0.29) is 5.91 Å². The SMILES string of the molecule is CNc1cncc(C(=O)NCCc2nccn2C)n1. The fourth-order valence-electron chi connectivity index (χ4n) is 1.61. The lowest BCUT2D eigenvalue weighted by Crippen LogP contribution is -2.27. The largest absolute Gasteiger partial charge is 0.372 e. The number of anilines is 1. The molecule has 7 heteroatoms. The van der Waals surface area contributed by atoms with Crippen LogP contribution in [0.3, 0.4) is 0 Å². The zero-order valence-corrected chi connectivity index (χ0v) is 10.9. The van der Waals surface area contributed by atoms with Crippen LogP contribution < -0.4 is 10.6 Å². The number of aryl methyl sites for hydroxylation is 1. The van der Waals surface area contributed by atoms with Gasteiger partial charge in [0, 0.05) is 39.5 Å². The molecule has 2 rings (SSSR count). The molecule has 2 aromatic heterocycles. The Morgan fingerprint density at radius 1 is 1.42 bits per heavy atom. The Bertz CT molecular complexity index is 565. The summed E-state index contributed by atoms with van der Waals surface area (Å²) in [5.74, 6) is 1.26. The molecule has 7 nitrogen and oxygen atoms in total. The Balaban J connectivity index is 1.89. The molecule has 19 heavy (non-hydrogen) atoms. The van der Waals surface area contributed by atoms with Crippen LogP contribution in [0.25, 0.3) is 0 Å². The summed E-state index contributed by atoms with van der Waals surface area (Å²) in [5, 5.41) is 5.63. The molecule has 2 aromatic rings. The van der Waals surface area contributed by atoms with Crippen LogP contribution in [-0.2, 0) is 13.5 Å². The van der Waals surface area contributed by atoms with Gasteiger partial charge in [-0.05, 0) is 0 Å². The fourth-order valence-corrected chi connectivity index (χ4v) is 1.61. The minimum atomic E-state index is -0.237. The molecule has 0 saturated carbocycles. The first-order chi connectivity index (χ1) is 9.20. The van der Waals surface area contributed by atoms with Gasteiger partial charge in [-0.25, -0.2) is 9.97 Å².